The summed E-state index contributed by atoms with van der Waals surface area (Å²) in [7, 11) is 1.55. The maximum Gasteiger partial charge on any atom is 0.406 e. The van der Waals surface area contributed by atoms with Crippen LogP contribution in [0.25, 0.3) is 11.0 Å². The van der Waals surface area contributed by atoms with Crippen molar-refractivity contribution >= 4 is 16.9 Å². The van der Waals surface area contributed by atoms with Crippen molar-refractivity contribution in [3.63, 3.8) is 0 Å². The van der Waals surface area contributed by atoms with Crippen molar-refractivity contribution in [2.24, 2.45) is 0 Å². The molecular weight excluding hydrogens is 347 g/mol. The normalized spacial score (nSPS) is 11.8. The second kappa shape index (κ2) is 7.19. The second-order valence-corrected chi connectivity index (χ2v) is 6.04. The summed E-state index contributed by atoms with van der Waals surface area (Å²) in [5, 5.41) is 0. The Morgan fingerprint density at radius 2 is 2.08 bits per heavy atom. The van der Waals surface area contributed by atoms with E-state index in [1.165, 1.54) is 17.3 Å². The van der Waals surface area contributed by atoms with Gasteiger partial charge in [-0.05, 0) is 12.1 Å². The fourth-order valence-electron chi connectivity index (χ4n) is 2.67. The van der Waals surface area contributed by atoms with Crippen molar-refractivity contribution < 1.29 is 18.0 Å². The molecule has 0 radical (unpaired) electrons. The number of amides is 1. The molecule has 1 aromatic carbocycles. The molecule has 0 aliphatic carbocycles. The molecule has 1 amide bonds. The molecule has 0 saturated heterocycles. The molecule has 3 rings (SSSR count). The van der Waals surface area contributed by atoms with E-state index in [2.05, 4.69) is 15.0 Å². The van der Waals surface area contributed by atoms with Crippen LogP contribution >= 0.6 is 0 Å². The highest BCUT2D eigenvalue weighted by Gasteiger charge is 2.29. The molecule has 1 N–H and O–H groups in total. The van der Waals surface area contributed by atoms with Crippen LogP contribution in [0.3, 0.4) is 0 Å². The van der Waals surface area contributed by atoms with E-state index >= 15 is 0 Å². The van der Waals surface area contributed by atoms with Crippen LogP contribution in [-0.2, 0) is 24.3 Å². The Kier molecular flexibility index (Phi) is 4.97. The van der Waals surface area contributed by atoms with E-state index in [4.69, 9.17) is 0 Å². The lowest BCUT2D eigenvalue weighted by atomic mass is 10.2. The SMILES string of the molecule is CN(Cc1nccn1CC(F)(F)F)C(=O)CCc1nc2ccccc2[nH]1. The van der Waals surface area contributed by atoms with Gasteiger partial charge in [-0.15, -0.1) is 0 Å². The van der Waals surface area contributed by atoms with Crippen molar-refractivity contribution in [3.8, 4) is 0 Å². The van der Waals surface area contributed by atoms with Crippen LogP contribution in [0.5, 0.6) is 0 Å². The van der Waals surface area contributed by atoms with Crippen molar-refractivity contribution in [1.82, 2.24) is 24.4 Å². The molecular formula is C17H18F3N5O. The molecule has 0 saturated carbocycles. The molecule has 2 aromatic heterocycles. The maximum atomic E-state index is 12.6. The van der Waals surface area contributed by atoms with Gasteiger partial charge in [0.15, 0.2) is 0 Å². The number of aromatic nitrogens is 4. The molecule has 0 spiro atoms. The number of imidazole rings is 2. The number of hydrogen-bond acceptors (Lipinski definition) is 3. The van der Waals surface area contributed by atoms with Crippen LogP contribution in [0.4, 0.5) is 13.2 Å². The summed E-state index contributed by atoms with van der Waals surface area (Å²) in [5.74, 6) is 0.709. The summed E-state index contributed by atoms with van der Waals surface area (Å²) in [4.78, 5) is 25.1. The monoisotopic (exact) mass is 365 g/mol. The third-order valence-electron chi connectivity index (χ3n) is 3.97. The summed E-state index contributed by atoms with van der Waals surface area (Å²) in [6, 6.07) is 7.56. The zero-order valence-electron chi connectivity index (χ0n) is 14.1. The third kappa shape index (κ3) is 4.41. The fourth-order valence-corrected chi connectivity index (χ4v) is 2.67. The van der Waals surface area contributed by atoms with Gasteiger partial charge in [0.2, 0.25) is 5.91 Å². The van der Waals surface area contributed by atoms with E-state index < -0.39 is 12.7 Å². The van der Waals surface area contributed by atoms with Gasteiger partial charge in [0, 0.05) is 32.3 Å². The van der Waals surface area contributed by atoms with Crippen LogP contribution in [0, 0.1) is 0 Å². The van der Waals surface area contributed by atoms with Gasteiger partial charge in [0.05, 0.1) is 17.6 Å². The van der Waals surface area contributed by atoms with Crippen molar-refractivity contribution in [2.75, 3.05) is 7.05 Å². The quantitative estimate of drug-likeness (QED) is 0.730. The zero-order chi connectivity index (χ0) is 18.7. The molecule has 9 heteroatoms. The van der Waals surface area contributed by atoms with Gasteiger partial charge in [0.1, 0.15) is 18.2 Å². The Balaban J connectivity index is 1.57. The largest absolute Gasteiger partial charge is 0.406 e. The Labute approximate surface area is 147 Å². The number of nitrogens with one attached hydrogen (secondary N) is 1. The highest BCUT2D eigenvalue weighted by Crippen LogP contribution is 2.19. The number of H-pyrrole nitrogens is 1. The standard InChI is InChI=1S/C17H18F3N5O/c1-24(10-15-21-8-9-25(15)11-17(18,19)20)16(26)7-6-14-22-12-4-2-3-5-13(12)23-14/h2-5,8-9H,6-7,10-11H2,1H3,(H,22,23). The van der Waals surface area contributed by atoms with Gasteiger partial charge in [-0.3, -0.25) is 4.79 Å². The minimum atomic E-state index is -4.33. The van der Waals surface area contributed by atoms with Gasteiger partial charge in [-0.2, -0.15) is 13.2 Å². The van der Waals surface area contributed by atoms with Gasteiger partial charge >= 0.3 is 6.18 Å². The first-order valence-corrected chi connectivity index (χ1v) is 8.06. The van der Waals surface area contributed by atoms with Crippen LogP contribution in [0.15, 0.2) is 36.7 Å². The van der Waals surface area contributed by atoms with Crippen LogP contribution in [0.2, 0.25) is 0 Å². The summed E-state index contributed by atoms with van der Waals surface area (Å²) >= 11 is 0. The van der Waals surface area contributed by atoms with E-state index in [1.54, 1.807) is 7.05 Å². The smallest absolute Gasteiger partial charge is 0.342 e. The predicted octanol–water partition coefficient (Wildman–Crippen LogP) is 2.91. The van der Waals surface area contributed by atoms with E-state index in [9.17, 15) is 18.0 Å². The highest BCUT2D eigenvalue weighted by molar-refractivity contribution is 5.77. The first-order chi connectivity index (χ1) is 12.3. The number of alkyl halides is 3. The first-order valence-electron chi connectivity index (χ1n) is 8.06. The number of hydrogen-bond donors (Lipinski definition) is 1. The molecule has 0 aliphatic heterocycles. The summed E-state index contributed by atoms with van der Waals surface area (Å²) < 4.78 is 38.7. The molecule has 0 aliphatic rings. The summed E-state index contributed by atoms with van der Waals surface area (Å²) in [5.41, 5.74) is 1.73. The number of para-hydroxylation sites is 2. The lowest BCUT2D eigenvalue weighted by molar-refractivity contribution is -0.141. The summed E-state index contributed by atoms with van der Waals surface area (Å²) in [6.07, 6.45) is -1.15. The van der Waals surface area contributed by atoms with Crippen molar-refractivity contribution in [2.45, 2.75) is 32.1 Å². The zero-order valence-corrected chi connectivity index (χ0v) is 14.1. The number of rotatable bonds is 6. The van der Waals surface area contributed by atoms with Crippen LogP contribution in [0.1, 0.15) is 18.1 Å². The fraction of sp³-hybridized carbons (Fsp3) is 0.353. The van der Waals surface area contributed by atoms with Crippen molar-refractivity contribution in [1.29, 1.82) is 0 Å². The third-order valence-corrected chi connectivity index (χ3v) is 3.97. The van der Waals surface area contributed by atoms with E-state index in [1.807, 2.05) is 24.3 Å². The number of benzene rings is 1. The molecule has 138 valence electrons. The number of aryl methyl sites for hydroxylation is 1. The van der Waals surface area contributed by atoms with Crippen LogP contribution in [-0.4, -0.2) is 43.6 Å². The molecule has 0 unspecified atom stereocenters. The lowest BCUT2D eigenvalue weighted by Crippen LogP contribution is -2.29. The lowest BCUT2D eigenvalue weighted by Gasteiger charge is -2.18. The molecule has 0 bridgehead atoms. The van der Waals surface area contributed by atoms with Crippen LogP contribution < -0.4 is 0 Å². The molecule has 0 atom stereocenters. The Morgan fingerprint density at radius 3 is 2.81 bits per heavy atom. The maximum absolute atomic E-state index is 12.6. The number of aromatic amines is 1. The predicted molar refractivity (Wildman–Crippen MR) is 89.2 cm³/mol. The Bertz CT molecular complexity index is 866. The molecule has 3 aromatic rings. The minimum absolute atomic E-state index is 0.0159. The van der Waals surface area contributed by atoms with Gasteiger partial charge < -0.3 is 14.5 Å². The van der Waals surface area contributed by atoms with E-state index in [0.29, 0.717) is 12.2 Å². The minimum Gasteiger partial charge on any atom is -0.342 e. The Morgan fingerprint density at radius 1 is 1.31 bits per heavy atom. The first kappa shape index (κ1) is 18.0. The molecule has 2 heterocycles. The number of nitrogens with zero attached hydrogens (tertiary/aromatic N) is 4. The molecule has 6 nitrogen and oxygen atoms in total. The average Bonchev–Trinajstić information content (AvgIpc) is 3.17. The topological polar surface area (TPSA) is 66.8 Å². The van der Waals surface area contributed by atoms with Gasteiger partial charge in [0.25, 0.3) is 0 Å². The van der Waals surface area contributed by atoms with E-state index in [-0.39, 0.29) is 24.7 Å². The number of carbonyl (C=O) groups is 1. The highest BCUT2D eigenvalue weighted by atomic mass is 19.4. The molecule has 26 heavy (non-hydrogen) atoms. The Hall–Kier alpha value is -2.84. The second-order valence-electron chi connectivity index (χ2n) is 6.04. The summed E-state index contributed by atoms with van der Waals surface area (Å²) in [6.45, 7) is -1.11. The average molecular weight is 365 g/mol. The van der Waals surface area contributed by atoms with Crippen molar-refractivity contribution in [3.05, 3.63) is 48.3 Å². The number of carbonyl (C=O) groups excluding carboxylic acids is 1. The number of halogens is 3. The molecule has 0 fully saturated rings. The van der Waals surface area contributed by atoms with E-state index in [0.717, 1.165) is 15.6 Å². The van der Waals surface area contributed by atoms with Gasteiger partial charge in [-0.25, -0.2) is 9.97 Å². The van der Waals surface area contributed by atoms with Gasteiger partial charge in [-0.1, -0.05) is 12.1 Å². The number of fused-ring (bicyclic) bond motifs is 1.